The number of anilines is 1. The van der Waals surface area contributed by atoms with Gasteiger partial charge in [0.25, 0.3) is 0 Å². The van der Waals surface area contributed by atoms with Crippen molar-refractivity contribution in [3.05, 3.63) is 29.8 Å². The first kappa shape index (κ1) is 14.0. The van der Waals surface area contributed by atoms with E-state index < -0.39 is 6.10 Å². The third-order valence-corrected chi connectivity index (χ3v) is 2.90. The van der Waals surface area contributed by atoms with Gasteiger partial charge >= 0.3 is 0 Å². The molecule has 1 atom stereocenters. The van der Waals surface area contributed by atoms with Crippen molar-refractivity contribution in [2.24, 2.45) is 0 Å². The molecule has 17 heavy (non-hydrogen) atoms. The molecule has 1 rings (SSSR count). The zero-order valence-electron chi connectivity index (χ0n) is 11.3. The molecule has 1 aromatic rings. The van der Waals surface area contributed by atoms with E-state index in [1.807, 2.05) is 25.1 Å². The highest BCUT2D eigenvalue weighted by Gasteiger charge is 2.10. The smallest absolute Gasteiger partial charge is 0.0781 e. The van der Waals surface area contributed by atoms with Gasteiger partial charge < -0.3 is 14.9 Å². The summed E-state index contributed by atoms with van der Waals surface area (Å²) in [5, 5.41) is 9.73. The van der Waals surface area contributed by atoms with Gasteiger partial charge in [0.05, 0.1) is 6.10 Å². The van der Waals surface area contributed by atoms with Crippen LogP contribution in [0.4, 0.5) is 5.69 Å². The standard InChI is InChI=1S/C14H24N2O/c1-12(17)13-8-5-6-9-14(13)16(4)11-7-10-15(2)3/h5-6,8-9,12,17H,7,10-11H2,1-4H3/t12-/m1/s1. The molecule has 96 valence electrons. The maximum absolute atomic E-state index is 9.73. The molecule has 0 heterocycles. The van der Waals surface area contributed by atoms with E-state index in [0.717, 1.165) is 30.8 Å². The van der Waals surface area contributed by atoms with Crippen molar-refractivity contribution < 1.29 is 5.11 Å². The average Bonchev–Trinajstić information content (AvgIpc) is 2.28. The number of rotatable bonds is 6. The third-order valence-electron chi connectivity index (χ3n) is 2.90. The molecule has 0 aliphatic carbocycles. The molecule has 0 aliphatic heterocycles. The number of hydrogen-bond acceptors (Lipinski definition) is 3. The van der Waals surface area contributed by atoms with Gasteiger partial charge in [-0.15, -0.1) is 0 Å². The number of benzene rings is 1. The number of aliphatic hydroxyl groups is 1. The average molecular weight is 236 g/mol. The number of aliphatic hydroxyl groups excluding tert-OH is 1. The molecule has 0 bridgehead atoms. The van der Waals surface area contributed by atoms with Crippen LogP contribution in [-0.4, -0.2) is 44.2 Å². The van der Waals surface area contributed by atoms with E-state index in [9.17, 15) is 5.11 Å². The Hall–Kier alpha value is -1.06. The summed E-state index contributed by atoms with van der Waals surface area (Å²) >= 11 is 0. The summed E-state index contributed by atoms with van der Waals surface area (Å²) in [4.78, 5) is 4.40. The quantitative estimate of drug-likeness (QED) is 0.819. The molecule has 3 heteroatoms. The second kappa shape index (κ2) is 6.62. The lowest BCUT2D eigenvalue weighted by Gasteiger charge is -2.24. The van der Waals surface area contributed by atoms with Gasteiger partial charge in [0.2, 0.25) is 0 Å². The fourth-order valence-electron chi connectivity index (χ4n) is 1.93. The zero-order chi connectivity index (χ0) is 12.8. The second-order valence-corrected chi connectivity index (χ2v) is 4.81. The van der Waals surface area contributed by atoms with Gasteiger partial charge in [0, 0.05) is 24.8 Å². The molecule has 0 aromatic heterocycles. The van der Waals surface area contributed by atoms with E-state index in [1.54, 1.807) is 0 Å². The molecule has 0 aliphatic rings. The second-order valence-electron chi connectivity index (χ2n) is 4.81. The van der Waals surface area contributed by atoms with Gasteiger partial charge in [0.1, 0.15) is 0 Å². The lowest BCUT2D eigenvalue weighted by molar-refractivity contribution is 0.199. The van der Waals surface area contributed by atoms with Crippen molar-refractivity contribution >= 4 is 5.69 Å². The Morgan fingerprint density at radius 2 is 1.76 bits per heavy atom. The Labute approximate surface area is 105 Å². The largest absolute Gasteiger partial charge is 0.389 e. The van der Waals surface area contributed by atoms with Crippen LogP contribution < -0.4 is 4.90 Å². The van der Waals surface area contributed by atoms with Gasteiger partial charge in [-0.3, -0.25) is 0 Å². The maximum Gasteiger partial charge on any atom is 0.0781 e. The number of para-hydroxylation sites is 1. The van der Waals surface area contributed by atoms with Gasteiger partial charge in [-0.2, -0.15) is 0 Å². The van der Waals surface area contributed by atoms with Crippen LogP contribution in [0.15, 0.2) is 24.3 Å². The van der Waals surface area contributed by atoms with Gasteiger partial charge in [0.15, 0.2) is 0 Å². The van der Waals surface area contributed by atoms with Crippen LogP contribution in [-0.2, 0) is 0 Å². The Balaban J connectivity index is 2.65. The normalized spacial score (nSPS) is 12.8. The molecular weight excluding hydrogens is 212 g/mol. The molecule has 1 N–H and O–H groups in total. The van der Waals surface area contributed by atoms with Crippen molar-refractivity contribution in [3.63, 3.8) is 0 Å². The zero-order valence-corrected chi connectivity index (χ0v) is 11.3. The highest BCUT2D eigenvalue weighted by Crippen LogP contribution is 2.25. The summed E-state index contributed by atoms with van der Waals surface area (Å²) in [6.45, 7) is 3.90. The van der Waals surface area contributed by atoms with Crippen molar-refractivity contribution in [3.8, 4) is 0 Å². The van der Waals surface area contributed by atoms with Crippen LogP contribution in [0.3, 0.4) is 0 Å². The van der Waals surface area contributed by atoms with Gasteiger partial charge in [-0.05, 0) is 40.1 Å². The van der Waals surface area contributed by atoms with Crippen LogP contribution >= 0.6 is 0 Å². The summed E-state index contributed by atoms with van der Waals surface area (Å²) in [7, 11) is 6.25. The molecule has 3 nitrogen and oxygen atoms in total. The molecule has 0 amide bonds. The molecule has 0 saturated carbocycles. The summed E-state index contributed by atoms with van der Waals surface area (Å²) in [6.07, 6.45) is 0.708. The van der Waals surface area contributed by atoms with Crippen molar-refractivity contribution in [2.75, 3.05) is 39.1 Å². The predicted molar refractivity (Wildman–Crippen MR) is 73.5 cm³/mol. The fourth-order valence-corrected chi connectivity index (χ4v) is 1.93. The van der Waals surface area contributed by atoms with E-state index in [0.29, 0.717) is 0 Å². The van der Waals surface area contributed by atoms with Crippen molar-refractivity contribution in [1.82, 2.24) is 4.90 Å². The minimum atomic E-state index is -0.414. The Morgan fingerprint density at radius 3 is 2.35 bits per heavy atom. The van der Waals surface area contributed by atoms with Crippen LogP contribution in [0.5, 0.6) is 0 Å². The third kappa shape index (κ3) is 4.36. The van der Waals surface area contributed by atoms with Gasteiger partial charge in [-0.25, -0.2) is 0 Å². The Bertz CT molecular complexity index is 337. The van der Waals surface area contributed by atoms with Crippen molar-refractivity contribution in [2.45, 2.75) is 19.4 Å². The van der Waals surface area contributed by atoms with Crippen LogP contribution in [0.2, 0.25) is 0 Å². The van der Waals surface area contributed by atoms with Crippen molar-refractivity contribution in [1.29, 1.82) is 0 Å². The Kier molecular flexibility index (Phi) is 5.45. The minimum absolute atomic E-state index is 0.414. The molecule has 0 saturated heterocycles. The van der Waals surface area contributed by atoms with E-state index in [2.05, 4.69) is 37.0 Å². The highest BCUT2D eigenvalue weighted by molar-refractivity contribution is 5.53. The van der Waals surface area contributed by atoms with E-state index in [4.69, 9.17) is 0 Å². The Morgan fingerprint density at radius 1 is 1.12 bits per heavy atom. The molecule has 1 aromatic carbocycles. The molecule has 0 radical (unpaired) electrons. The van der Waals surface area contributed by atoms with Gasteiger partial charge in [-0.1, -0.05) is 18.2 Å². The lowest BCUT2D eigenvalue weighted by Crippen LogP contribution is -2.24. The minimum Gasteiger partial charge on any atom is -0.389 e. The fraction of sp³-hybridized carbons (Fsp3) is 0.571. The van der Waals surface area contributed by atoms with E-state index in [-0.39, 0.29) is 0 Å². The molecule has 0 unspecified atom stereocenters. The lowest BCUT2D eigenvalue weighted by atomic mass is 10.1. The molecule has 0 fully saturated rings. The van der Waals surface area contributed by atoms with E-state index in [1.165, 1.54) is 0 Å². The topological polar surface area (TPSA) is 26.7 Å². The van der Waals surface area contributed by atoms with Crippen LogP contribution in [0.25, 0.3) is 0 Å². The summed E-state index contributed by atoms with van der Waals surface area (Å²) in [5.74, 6) is 0. The number of hydrogen-bond donors (Lipinski definition) is 1. The SMILES string of the molecule is C[C@@H](O)c1ccccc1N(C)CCCN(C)C. The number of nitrogens with zero attached hydrogens (tertiary/aromatic N) is 2. The summed E-state index contributed by atoms with van der Waals surface area (Å²) in [6, 6.07) is 8.04. The monoisotopic (exact) mass is 236 g/mol. The molecular formula is C14H24N2O. The maximum atomic E-state index is 9.73. The summed E-state index contributed by atoms with van der Waals surface area (Å²) in [5.41, 5.74) is 2.13. The summed E-state index contributed by atoms with van der Waals surface area (Å²) < 4.78 is 0. The molecule has 0 spiro atoms. The van der Waals surface area contributed by atoms with Crippen LogP contribution in [0, 0.1) is 0 Å². The predicted octanol–water partition coefficient (Wildman–Crippen LogP) is 2.13. The van der Waals surface area contributed by atoms with Crippen LogP contribution in [0.1, 0.15) is 25.0 Å². The first-order valence-electron chi connectivity index (χ1n) is 6.15. The highest BCUT2D eigenvalue weighted by atomic mass is 16.3. The first-order chi connectivity index (χ1) is 8.02. The first-order valence-corrected chi connectivity index (χ1v) is 6.15. The van der Waals surface area contributed by atoms with E-state index >= 15 is 0 Å².